The highest BCUT2D eigenvalue weighted by Crippen LogP contribution is 2.16. The lowest BCUT2D eigenvalue weighted by atomic mass is 10.1. The van der Waals surface area contributed by atoms with Crippen molar-refractivity contribution in [1.82, 2.24) is 14.5 Å². The quantitative estimate of drug-likeness (QED) is 0.619. The Morgan fingerprint density at radius 1 is 1.04 bits per heavy atom. The summed E-state index contributed by atoms with van der Waals surface area (Å²) >= 11 is 0. The van der Waals surface area contributed by atoms with Crippen molar-refractivity contribution in [2.24, 2.45) is 0 Å². The van der Waals surface area contributed by atoms with Crippen molar-refractivity contribution in [3.8, 4) is 0 Å². The van der Waals surface area contributed by atoms with Crippen LogP contribution in [0.5, 0.6) is 0 Å². The van der Waals surface area contributed by atoms with Crippen molar-refractivity contribution in [1.29, 1.82) is 0 Å². The molecule has 0 saturated carbocycles. The number of fused-ring (bicyclic) bond motifs is 1. The lowest BCUT2D eigenvalue weighted by molar-refractivity contribution is -0.116. The smallest absolute Gasteiger partial charge is 0.329 e. The zero-order valence-electron chi connectivity index (χ0n) is 15.6. The molecule has 0 aliphatic rings. The molecule has 7 nitrogen and oxygen atoms in total. The van der Waals surface area contributed by atoms with Gasteiger partial charge in [-0.05, 0) is 31.2 Å². The molecule has 2 N–H and O–H groups in total. The van der Waals surface area contributed by atoms with Crippen LogP contribution in [0.3, 0.4) is 0 Å². The fourth-order valence-corrected chi connectivity index (χ4v) is 3.11. The summed E-state index contributed by atoms with van der Waals surface area (Å²) in [5, 5.41) is 5.43. The van der Waals surface area contributed by atoms with Crippen LogP contribution < -0.4 is 16.3 Å². The highest BCUT2D eigenvalue weighted by molar-refractivity contribution is 6.03. The summed E-state index contributed by atoms with van der Waals surface area (Å²) in [5.41, 5.74) is 1.98. The van der Waals surface area contributed by atoms with Crippen LogP contribution in [0, 0.1) is 0 Å². The van der Waals surface area contributed by atoms with Crippen LogP contribution >= 0.6 is 0 Å². The fraction of sp³-hybridized carbons (Fsp3) is 0.190. The molecule has 0 aliphatic carbocycles. The minimum absolute atomic E-state index is 0.144. The lowest BCUT2D eigenvalue weighted by Gasteiger charge is -2.11. The maximum absolute atomic E-state index is 12.7. The van der Waals surface area contributed by atoms with Crippen molar-refractivity contribution >= 4 is 28.5 Å². The number of anilines is 1. The summed E-state index contributed by atoms with van der Waals surface area (Å²) in [6, 6.07) is 14.1. The molecular weight excluding hydrogens is 356 g/mol. The highest BCUT2D eigenvalue weighted by Gasteiger charge is 2.16. The van der Waals surface area contributed by atoms with Crippen LogP contribution in [-0.2, 0) is 17.9 Å². The van der Waals surface area contributed by atoms with Crippen LogP contribution in [0.15, 0.2) is 66.0 Å². The SMILES string of the molecule is C=CCNC(=O)c1ccccc1NC(=O)Cn1c(=O)n(CC)c2ccccc21. The van der Waals surface area contributed by atoms with Crippen LogP contribution in [-0.4, -0.2) is 27.5 Å². The van der Waals surface area contributed by atoms with Crippen molar-refractivity contribution in [3.63, 3.8) is 0 Å². The van der Waals surface area contributed by atoms with Gasteiger partial charge in [-0.3, -0.25) is 18.7 Å². The van der Waals surface area contributed by atoms with Gasteiger partial charge in [0.25, 0.3) is 5.91 Å². The van der Waals surface area contributed by atoms with Gasteiger partial charge in [-0.15, -0.1) is 6.58 Å². The number of nitrogens with one attached hydrogen (secondary N) is 2. The summed E-state index contributed by atoms with van der Waals surface area (Å²) in [6.07, 6.45) is 1.58. The summed E-state index contributed by atoms with van der Waals surface area (Å²) in [6.45, 7) is 6.15. The number of imidazole rings is 1. The molecule has 0 radical (unpaired) electrons. The molecule has 2 aromatic carbocycles. The largest absolute Gasteiger partial charge is 0.349 e. The van der Waals surface area contributed by atoms with Gasteiger partial charge in [0, 0.05) is 13.1 Å². The lowest BCUT2D eigenvalue weighted by Crippen LogP contribution is -2.30. The molecule has 3 aromatic rings. The summed E-state index contributed by atoms with van der Waals surface area (Å²) in [4.78, 5) is 37.6. The Kier molecular flexibility index (Phi) is 5.74. The van der Waals surface area contributed by atoms with E-state index in [-0.39, 0.29) is 24.0 Å². The number of carbonyl (C=O) groups is 2. The average molecular weight is 378 g/mol. The van der Waals surface area contributed by atoms with Gasteiger partial charge in [-0.2, -0.15) is 0 Å². The molecule has 1 heterocycles. The van der Waals surface area contributed by atoms with E-state index in [4.69, 9.17) is 0 Å². The first kappa shape index (κ1) is 19.2. The Morgan fingerprint density at radius 3 is 2.36 bits per heavy atom. The Hall–Kier alpha value is -3.61. The maximum atomic E-state index is 12.7. The van der Waals surface area contributed by atoms with Gasteiger partial charge < -0.3 is 10.6 Å². The molecule has 0 bridgehead atoms. The molecule has 1 aromatic heterocycles. The number of aryl methyl sites for hydroxylation is 1. The first-order valence-electron chi connectivity index (χ1n) is 9.02. The Balaban J connectivity index is 1.86. The third-order valence-electron chi connectivity index (χ3n) is 4.40. The zero-order valence-corrected chi connectivity index (χ0v) is 15.6. The molecule has 0 saturated heterocycles. The van der Waals surface area contributed by atoms with Crippen molar-refractivity contribution in [3.05, 3.63) is 77.2 Å². The van der Waals surface area contributed by atoms with Gasteiger partial charge in [0.2, 0.25) is 5.91 Å². The van der Waals surface area contributed by atoms with E-state index in [2.05, 4.69) is 17.2 Å². The van der Waals surface area contributed by atoms with Crippen LogP contribution in [0.2, 0.25) is 0 Å². The van der Waals surface area contributed by atoms with E-state index < -0.39 is 0 Å². The van der Waals surface area contributed by atoms with Gasteiger partial charge in [-0.25, -0.2) is 4.79 Å². The Bertz CT molecular complexity index is 1090. The van der Waals surface area contributed by atoms with Gasteiger partial charge in [-0.1, -0.05) is 30.3 Å². The van der Waals surface area contributed by atoms with E-state index in [0.29, 0.717) is 29.9 Å². The van der Waals surface area contributed by atoms with Gasteiger partial charge in [0.1, 0.15) is 6.54 Å². The normalized spacial score (nSPS) is 10.6. The summed E-state index contributed by atoms with van der Waals surface area (Å²) < 4.78 is 3.06. The number of benzene rings is 2. The fourth-order valence-electron chi connectivity index (χ4n) is 3.11. The molecule has 7 heteroatoms. The molecule has 3 rings (SSSR count). The Labute approximate surface area is 162 Å². The minimum Gasteiger partial charge on any atom is -0.349 e. The van der Waals surface area contributed by atoms with E-state index in [1.807, 2.05) is 31.2 Å². The molecule has 0 spiro atoms. The van der Waals surface area contributed by atoms with E-state index in [9.17, 15) is 14.4 Å². The topological polar surface area (TPSA) is 85.1 Å². The second-order valence-corrected chi connectivity index (χ2v) is 6.19. The van der Waals surface area contributed by atoms with Gasteiger partial charge in [0.15, 0.2) is 0 Å². The average Bonchev–Trinajstić information content (AvgIpc) is 2.97. The molecule has 144 valence electrons. The van der Waals surface area contributed by atoms with Gasteiger partial charge in [0.05, 0.1) is 22.3 Å². The highest BCUT2D eigenvalue weighted by atomic mass is 16.2. The first-order chi connectivity index (χ1) is 13.6. The molecule has 0 atom stereocenters. The monoisotopic (exact) mass is 378 g/mol. The number of hydrogen-bond acceptors (Lipinski definition) is 3. The van der Waals surface area contributed by atoms with Crippen molar-refractivity contribution < 1.29 is 9.59 Å². The summed E-state index contributed by atoms with van der Waals surface area (Å²) in [5.74, 6) is -0.694. The number of nitrogens with zero attached hydrogens (tertiary/aromatic N) is 2. The van der Waals surface area contributed by atoms with Crippen LogP contribution in [0.25, 0.3) is 11.0 Å². The summed E-state index contributed by atoms with van der Waals surface area (Å²) in [7, 11) is 0. The van der Waals surface area contributed by atoms with Crippen LogP contribution in [0.4, 0.5) is 5.69 Å². The van der Waals surface area contributed by atoms with Crippen molar-refractivity contribution in [2.75, 3.05) is 11.9 Å². The number of para-hydroxylation sites is 3. The number of carbonyl (C=O) groups excluding carboxylic acids is 2. The minimum atomic E-state index is -0.384. The molecule has 0 aliphatic heterocycles. The van der Waals surface area contributed by atoms with Crippen molar-refractivity contribution in [2.45, 2.75) is 20.0 Å². The Morgan fingerprint density at radius 2 is 1.68 bits per heavy atom. The molecule has 28 heavy (non-hydrogen) atoms. The van der Waals surface area contributed by atoms with Crippen LogP contribution in [0.1, 0.15) is 17.3 Å². The first-order valence-corrected chi connectivity index (χ1v) is 9.02. The molecule has 2 amide bonds. The predicted molar refractivity (Wildman–Crippen MR) is 109 cm³/mol. The maximum Gasteiger partial charge on any atom is 0.329 e. The molecule has 0 unspecified atom stereocenters. The number of rotatable bonds is 7. The predicted octanol–water partition coefficient (Wildman–Crippen LogP) is 2.38. The molecule has 0 fully saturated rings. The second kappa shape index (κ2) is 8.39. The van der Waals surface area contributed by atoms with E-state index in [1.54, 1.807) is 34.9 Å². The number of hydrogen-bond donors (Lipinski definition) is 2. The second-order valence-electron chi connectivity index (χ2n) is 6.19. The van der Waals surface area contributed by atoms with E-state index in [1.165, 1.54) is 4.57 Å². The van der Waals surface area contributed by atoms with Gasteiger partial charge >= 0.3 is 5.69 Å². The van der Waals surface area contributed by atoms with E-state index in [0.717, 1.165) is 5.52 Å². The third-order valence-corrected chi connectivity index (χ3v) is 4.40. The number of aromatic nitrogens is 2. The van der Waals surface area contributed by atoms with E-state index >= 15 is 0 Å². The standard InChI is InChI=1S/C21H22N4O3/c1-3-13-22-20(27)15-9-5-6-10-16(15)23-19(26)14-25-18-12-8-7-11-17(18)24(4-2)21(25)28/h3,5-12H,1,4,13-14H2,2H3,(H,22,27)(H,23,26). The molecular formula is C21H22N4O3. The number of amides is 2. The third kappa shape index (κ3) is 3.73. The zero-order chi connectivity index (χ0) is 20.1.